The first-order valence-electron chi connectivity index (χ1n) is 6.35. The minimum atomic E-state index is -0.588. The molecule has 1 unspecified atom stereocenters. The highest BCUT2D eigenvalue weighted by molar-refractivity contribution is 5.18. The molecular formula is C14H23FN2O. The van der Waals surface area contributed by atoms with Crippen LogP contribution in [0.5, 0.6) is 0 Å². The molecule has 0 saturated heterocycles. The summed E-state index contributed by atoms with van der Waals surface area (Å²) in [5.41, 5.74) is 0.737. The van der Waals surface area contributed by atoms with Crippen molar-refractivity contribution in [1.29, 1.82) is 0 Å². The first-order chi connectivity index (χ1) is 8.50. The number of hydrogen-bond donors (Lipinski definition) is 2. The molecule has 3 nitrogen and oxygen atoms in total. The first kappa shape index (κ1) is 15.1. The molecule has 0 aliphatic rings. The van der Waals surface area contributed by atoms with Gasteiger partial charge in [-0.2, -0.15) is 0 Å². The molecule has 2 N–H and O–H groups in total. The maximum absolute atomic E-state index is 12.7. The monoisotopic (exact) mass is 254 g/mol. The van der Waals surface area contributed by atoms with Crippen molar-refractivity contribution in [2.75, 3.05) is 26.7 Å². The fraction of sp³-hybridized carbons (Fsp3) is 0.571. The number of nitrogens with one attached hydrogen (secondary N) is 1. The lowest BCUT2D eigenvalue weighted by atomic mass is 10.1. The van der Waals surface area contributed by atoms with Gasteiger partial charge in [-0.1, -0.05) is 12.1 Å². The summed E-state index contributed by atoms with van der Waals surface area (Å²) in [5, 5.41) is 13.1. The van der Waals surface area contributed by atoms with Crippen molar-refractivity contribution >= 4 is 0 Å². The van der Waals surface area contributed by atoms with Crippen molar-refractivity contribution in [2.45, 2.75) is 26.0 Å². The molecule has 0 spiro atoms. The molecule has 0 aliphatic carbocycles. The average molecular weight is 254 g/mol. The molecule has 1 rings (SSSR count). The van der Waals surface area contributed by atoms with Crippen molar-refractivity contribution in [3.63, 3.8) is 0 Å². The molecule has 0 aliphatic heterocycles. The third kappa shape index (κ3) is 5.12. The molecule has 0 fully saturated rings. The number of aliphatic hydroxyl groups excluding tert-OH is 1. The molecule has 0 radical (unpaired) electrons. The van der Waals surface area contributed by atoms with Gasteiger partial charge in [-0.15, -0.1) is 0 Å². The van der Waals surface area contributed by atoms with Gasteiger partial charge in [0.25, 0.3) is 0 Å². The summed E-state index contributed by atoms with van der Waals surface area (Å²) >= 11 is 0. The van der Waals surface area contributed by atoms with E-state index in [1.807, 2.05) is 0 Å². The van der Waals surface area contributed by atoms with E-state index in [0.717, 1.165) is 18.7 Å². The number of benzene rings is 1. The van der Waals surface area contributed by atoms with E-state index in [1.54, 1.807) is 12.1 Å². The average Bonchev–Trinajstić information content (AvgIpc) is 2.34. The Bertz CT molecular complexity index is 340. The molecule has 4 heteroatoms. The maximum atomic E-state index is 12.7. The summed E-state index contributed by atoms with van der Waals surface area (Å²) in [7, 11) is 2.07. The fourth-order valence-electron chi connectivity index (χ4n) is 1.56. The SMILES string of the molecule is CC(C)N(C)CCNCC(O)c1ccc(F)cc1. The Labute approximate surface area is 109 Å². The normalized spacial score (nSPS) is 13.3. The number of nitrogens with zero attached hydrogens (tertiary/aromatic N) is 1. The highest BCUT2D eigenvalue weighted by atomic mass is 19.1. The van der Waals surface area contributed by atoms with Gasteiger partial charge in [-0.05, 0) is 38.6 Å². The lowest BCUT2D eigenvalue weighted by Crippen LogP contribution is -2.35. The molecular weight excluding hydrogens is 231 g/mol. The van der Waals surface area contributed by atoms with Crippen LogP contribution in [-0.2, 0) is 0 Å². The zero-order valence-electron chi connectivity index (χ0n) is 11.4. The number of likely N-dealkylation sites (N-methyl/N-ethyl adjacent to an activating group) is 1. The van der Waals surface area contributed by atoms with Crippen LogP contribution >= 0.6 is 0 Å². The number of halogens is 1. The first-order valence-corrected chi connectivity index (χ1v) is 6.35. The minimum absolute atomic E-state index is 0.280. The van der Waals surface area contributed by atoms with Gasteiger partial charge < -0.3 is 15.3 Å². The summed E-state index contributed by atoms with van der Waals surface area (Å²) in [6, 6.07) is 6.48. The molecule has 0 heterocycles. The van der Waals surface area contributed by atoms with E-state index in [2.05, 4.69) is 31.1 Å². The van der Waals surface area contributed by atoms with Crippen LogP contribution in [-0.4, -0.2) is 42.7 Å². The minimum Gasteiger partial charge on any atom is -0.387 e. The van der Waals surface area contributed by atoms with Crippen molar-refractivity contribution in [2.24, 2.45) is 0 Å². The zero-order valence-corrected chi connectivity index (χ0v) is 11.4. The van der Waals surface area contributed by atoms with E-state index < -0.39 is 6.10 Å². The Morgan fingerprint density at radius 1 is 1.28 bits per heavy atom. The van der Waals surface area contributed by atoms with Crippen molar-refractivity contribution in [3.05, 3.63) is 35.6 Å². The van der Waals surface area contributed by atoms with Crippen LogP contribution in [0.4, 0.5) is 4.39 Å². The zero-order chi connectivity index (χ0) is 13.5. The maximum Gasteiger partial charge on any atom is 0.123 e. The van der Waals surface area contributed by atoms with Crippen molar-refractivity contribution < 1.29 is 9.50 Å². The molecule has 0 aromatic heterocycles. The van der Waals surface area contributed by atoms with Gasteiger partial charge in [0.2, 0.25) is 0 Å². The van der Waals surface area contributed by atoms with E-state index >= 15 is 0 Å². The standard InChI is InChI=1S/C14H23FN2O/c1-11(2)17(3)9-8-16-10-14(18)12-4-6-13(15)7-5-12/h4-7,11,14,16,18H,8-10H2,1-3H3. The van der Waals surface area contributed by atoms with Gasteiger partial charge >= 0.3 is 0 Å². The van der Waals surface area contributed by atoms with Crippen LogP contribution in [0.25, 0.3) is 0 Å². The quantitative estimate of drug-likeness (QED) is 0.728. The van der Waals surface area contributed by atoms with Gasteiger partial charge in [-0.3, -0.25) is 0 Å². The summed E-state index contributed by atoms with van der Waals surface area (Å²) < 4.78 is 12.7. The van der Waals surface area contributed by atoms with Crippen molar-refractivity contribution in [3.8, 4) is 0 Å². The van der Waals surface area contributed by atoms with E-state index in [9.17, 15) is 9.50 Å². The summed E-state index contributed by atoms with van der Waals surface area (Å²) in [4.78, 5) is 2.23. The highest BCUT2D eigenvalue weighted by Crippen LogP contribution is 2.12. The lowest BCUT2D eigenvalue weighted by Gasteiger charge is -2.21. The molecule has 1 atom stereocenters. The van der Waals surface area contributed by atoms with E-state index in [0.29, 0.717) is 12.6 Å². The van der Waals surface area contributed by atoms with Crippen molar-refractivity contribution in [1.82, 2.24) is 10.2 Å². The molecule has 0 amide bonds. The van der Waals surface area contributed by atoms with Gasteiger partial charge in [0.1, 0.15) is 5.82 Å². The predicted octanol–water partition coefficient (Wildman–Crippen LogP) is 1.79. The fourth-order valence-corrected chi connectivity index (χ4v) is 1.56. The van der Waals surface area contributed by atoms with Crippen LogP contribution in [0.2, 0.25) is 0 Å². The predicted molar refractivity (Wildman–Crippen MR) is 72.0 cm³/mol. The van der Waals surface area contributed by atoms with Gasteiger partial charge in [0.15, 0.2) is 0 Å². The van der Waals surface area contributed by atoms with Crippen LogP contribution in [0.15, 0.2) is 24.3 Å². The molecule has 0 saturated carbocycles. The van der Waals surface area contributed by atoms with Gasteiger partial charge in [0, 0.05) is 25.7 Å². The Hall–Kier alpha value is -0.970. The second kappa shape index (κ2) is 7.46. The summed E-state index contributed by atoms with van der Waals surface area (Å²) in [6.07, 6.45) is -0.588. The molecule has 0 bridgehead atoms. The Morgan fingerprint density at radius 2 is 1.89 bits per heavy atom. The van der Waals surface area contributed by atoms with Crippen LogP contribution in [0.1, 0.15) is 25.5 Å². The number of hydrogen-bond acceptors (Lipinski definition) is 3. The Kier molecular flexibility index (Phi) is 6.25. The lowest BCUT2D eigenvalue weighted by molar-refractivity contribution is 0.171. The summed E-state index contributed by atoms with van der Waals surface area (Å²) in [6.45, 7) is 6.54. The van der Waals surface area contributed by atoms with E-state index in [-0.39, 0.29) is 5.82 Å². The third-order valence-electron chi connectivity index (χ3n) is 3.12. The van der Waals surface area contributed by atoms with Crippen LogP contribution < -0.4 is 5.32 Å². The Balaban J connectivity index is 2.25. The smallest absolute Gasteiger partial charge is 0.123 e. The van der Waals surface area contributed by atoms with Gasteiger partial charge in [-0.25, -0.2) is 4.39 Å². The second-order valence-corrected chi connectivity index (χ2v) is 4.85. The second-order valence-electron chi connectivity index (χ2n) is 4.85. The third-order valence-corrected chi connectivity index (χ3v) is 3.12. The topological polar surface area (TPSA) is 35.5 Å². The highest BCUT2D eigenvalue weighted by Gasteiger charge is 2.07. The van der Waals surface area contributed by atoms with Crippen LogP contribution in [0, 0.1) is 5.82 Å². The Morgan fingerprint density at radius 3 is 2.44 bits per heavy atom. The molecule has 102 valence electrons. The molecule has 1 aromatic rings. The molecule has 18 heavy (non-hydrogen) atoms. The summed E-state index contributed by atoms with van der Waals surface area (Å²) in [5.74, 6) is -0.280. The largest absolute Gasteiger partial charge is 0.387 e. The van der Waals surface area contributed by atoms with E-state index in [4.69, 9.17) is 0 Å². The van der Waals surface area contributed by atoms with E-state index in [1.165, 1.54) is 12.1 Å². The van der Waals surface area contributed by atoms with Gasteiger partial charge in [0.05, 0.1) is 6.10 Å². The number of aliphatic hydroxyl groups is 1. The number of rotatable bonds is 7. The molecule has 1 aromatic carbocycles. The van der Waals surface area contributed by atoms with Crippen LogP contribution in [0.3, 0.4) is 0 Å².